The summed E-state index contributed by atoms with van der Waals surface area (Å²) in [5, 5.41) is 25.7. The largest absolute Gasteiger partial charge is 0.393 e. The van der Waals surface area contributed by atoms with Crippen molar-refractivity contribution in [3.63, 3.8) is 0 Å². The lowest BCUT2D eigenvalue weighted by Crippen LogP contribution is -2.28. The summed E-state index contributed by atoms with van der Waals surface area (Å²) in [4.78, 5) is 21.9. The predicted octanol–water partition coefficient (Wildman–Crippen LogP) is 1.67. The van der Waals surface area contributed by atoms with Crippen molar-refractivity contribution in [2.75, 3.05) is 18.4 Å². The molecular formula is C14H21N3O4. The van der Waals surface area contributed by atoms with Gasteiger partial charge in [0.2, 0.25) is 5.91 Å². The summed E-state index contributed by atoms with van der Waals surface area (Å²) in [5.41, 5.74) is 0.390. The first-order valence-corrected chi connectivity index (χ1v) is 6.96. The zero-order chi connectivity index (χ0) is 15.7. The summed E-state index contributed by atoms with van der Waals surface area (Å²) in [6.45, 7) is 2.62. The van der Waals surface area contributed by atoms with Crippen LogP contribution in [0.25, 0.3) is 0 Å². The van der Waals surface area contributed by atoms with Gasteiger partial charge in [-0.1, -0.05) is 19.1 Å². The summed E-state index contributed by atoms with van der Waals surface area (Å²) < 4.78 is 0. The Morgan fingerprint density at radius 2 is 2.10 bits per heavy atom. The Bertz CT molecular complexity index is 479. The second kappa shape index (κ2) is 8.91. The van der Waals surface area contributed by atoms with E-state index in [1.807, 2.05) is 6.92 Å². The Morgan fingerprint density at radius 1 is 1.38 bits per heavy atom. The van der Waals surface area contributed by atoms with Gasteiger partial charge in [-0.05, 0) is 18.9 Å². The number of nitrogens with one attached hydrogen (secondary N) is 2. The van der Waals surface area contributed by atoms with Crippen LogP contribution in [-0.2, 0) is 4.79 Å². The fourth-order valence-electron chi connectivity index (χ4n) is 1.76. The molecule has 1 rings (SSSR count). The first-order chi connectivity index (χ1) is 10.0. The van der Waals surface area contributed by atoms with E-state index in [4.69, 9.17) is 0 Å². The van der Waals surface area contributed by atoms with E-state index in [0.717, 1.165) is 0 Å². The standard InChI is InChI=1S/C14H21N3O4/c1-2-11(18)7-9-16-14(19)8-10-15-12-5-3-4-6-13(12)17(20)21/h3-6,11,15,18H,2,7-10H2,1H3,(H,16,19). The van der Waals surface area contributed by atoms with E-state index < -0.39 is 11.0 Å². The quantitative estimate of drug-likeness (QED) is 0.475. The zero-order valence-corrected chi connectivity index (χ0v) is 12.0. The number of anilines is 1. The van der Waals surface area contributed by atoms with Gasteiger partial charge < -0.3 is 15.7 Å². The molecule has 0 aromatic heterocycles. The maximum Gasteiger partial charge on any atom is 0.292 e. The van der Waals surface area contributed by atoms with Gasteiger partial charge in [0.15, 0.2) is 0 Å². The maximum atomic E-state index is 11.6. The first-order valence-electron chi connectivity index (χ1n) is 6.96. The smallest absolute Gasteiger partial charge is 0.292 e. The molecule has 1 unspecified atom stereocenters. The minimum absolute atomic E-state index is 0.0102. The summed E-state index contributed by atoms with van der Waals surface area (Å²) >= 11 is 0. The van der Waals surface area contributed by atoms with Crippen LogP contribution in [-0.4, -0.2) is 35.1 Å². The number of nitro groups is 1. The minimum atomic E-state index is -0.464. The number of hydrogen-bond acceptors (Lipinski definition) is 5. The van der Waals surface area contributed by atoms with E-state index in [1.165, 1.54) is 6.07 Å². The average Bonchev–Trinajstić information content (AvgIpc) is 2.47. The van der Waals surface area contributed by atoms with E-state index >= 15 is 0 Å². The number of carbonyl (C=O) groups is 1. The molecule has 0 saturated heterocycles. The molecule has 0 bridgehead atoms. The summed E-state index contributed by atoms with van der Waals surface area (Å²) in [5.74, 6) is -0.149. The molecule has 0 aliphatic heterocycles. The fraction of sp³-hybridized carbons (Fsp3) is 0.500. The maximum absolute atomic E-state index is 11.6. The number of para-hydroxylation sites is 2. The summed E-state index contributed by atoms with van der Waals surface area (Å²) in [6, 6.07) is 6.30. The average molecular weight is 295 g/mol. The van der Waals surface area contributed by atoms with Crippen LogP contribution in [0.2, 0.25) is 0 Å². The molecule has 1 aromatic rings. The molecule has 0 spiro atoms. The monoisotopic (exact) mass is 295 g/mol. The lowest BCUT2D eigenvalue weighted by atomic mass is 10.2. The van der Waals surface area contributed by atoms with Gasteiger partial charge in [-0.2, -0.15) is 0 Å². The van der Waals surface area contributed by atoms with Gasteiger partial charge in [0.05, 0.1) is 11.0 Å². The molecule has 21 heavy (non-hydrogen) atoms. The number of nitro benzene ring substituents is 1. The summed E-state index contributed by atoms with van der Waals surface area (Å²) in [6.07, 6.45) is 1.01. The fourth-order valence-corrected chi connectivity index (χ4v) is 1.76. The second-order valence-electron chi connectivity index (χ2n) is 4.65. The molecule has 0 aliphatic rings. The predicted molar refractivity (Wildman–Crippen MR) is 80.1 cm³/mol. The van der Waals surface area contributed by atoms with E-state index in [2.05, 4.69) is 10.6 Å². The van der Waals surface area contributed by atoms with Gasteiger partial charge in [-0.3, -0.25) is 14.9 Å². The first kappa shape index (κ1) is 16.9. The number of hydrogen-bond donors (Lipinski definition) is 3. The van der Waals surface area contributed by atoms with Crippen LogP contribution in [0.15, 0.2) is 24.3 Å². The van der Waals surface area contributed by atoms with Crippen molar-refractivity contribution in [1.29, 1.82) is 0 Å². The van der Waals surface area contributed by atoms with Crippen molar-refractivity contribution in [2.24, 2.45) is 0 Å². The Labute approximate surface area is 123 Å². The SMILES string of the molecule is CCC(O)CCNC(=O)CCNc1ccccc1[N+](=O)[O-]. The Balaban J connectivity index is 2.30. The zero-order valence-electron chi connectivity index (χ0n) is 12.0. The van der Waals surface area contributed by atoms with E-state index in [0.29, 0.717) is 31.6 Å². The van der Waals surface area contributed by atoms with Gasteiger partial charge in [0.25, 0.3) is 5.69 Å². The molecule has 116 valence electrons. The molecular weight excluding hydrogens is 274 g/mol. The van der Waals surface area contributed by atoms with Crippen LogP contribution < -0.4 is 10.6 Å². The highest BCUT2D eigenvalue weighted by Gasteiger charge is 2.12. The van der Waals surface area contributed by atoms with Crippen molar-refractivity contribution in [2.45, 2.75) is 32.3 Å². The van der Waals surface area contributed by atoms with Gasteiger partial charge in [-0.25, -0.2) is 0 Å². The van der Waals surface area contributed by atoms with Crippen molar-refractivity contribution in [1.82, 2.24) is 5.32 Å². The highest BCUT2D eigenvalue weighted by Crippen LogP contribution is 2.22. The molecule has 0 fully saturated rings. The van der Waals surface area contributed by atoms with Gasteiger partial charge in [-0.15, -0.1) is 0 Å². The Kier molecular flexibility index (Phi) is 7.17. The Hall–Kier alpha value is -2.15. The van der Waals surface area contributed by atoms with Crippen molar-refractivity contribution < 1.29 is 14.8 Å². The molecule has 1 atom stereocenters. The lowest BCUT2D eigenvalue weighted by Gasteiger charge is -2.09. The third-order valence-corrected chi connectivity index (χ3v) is 3.04. The molecule has 7 nitrogen and oxygen atoms in total. The van der Waals surface area contributed by atoms with E-state index in [9.17, 15) is 20.0 Å². The van der Waals surface area contributed by atoms with Gasteiger partial charge >= 0.3 is 0 Å². The molecule has 1 aromatic carbocycles. The number of nitrogens with zero attached hydrogens (tertiary/aromatic N) is 1. The minimum Gasteiger partial charge on any atom is -0.393 e. The number of aliphatic hydroxyl groups excluding tert-OH is 1. The van der Waals surface area contributed by atoms with Gasteiger partial charge in [0, 0.05) is 25.6 Å². The number of carbonyl (C=O) groups excluding carboxylic acids is 1. The second-order valence-corrected chi connectivity index (χ2v) is 4.65. The molecule has 1 amide bonds. The normalized spacial score (nSPS) is 11.7. The van der Waals surface area contributed by atoms with Crippen LogP contribution in [0, 0.1) is 10.1 Å². The highest BCUT2D eigenvalue weighted by atomic mass is 16.6. The Morgan fingerprint density at radius 3 is 2.76 bits per heavy atom. The van der Waals surface area contributed by atoms with Crippen LogP contribution in [0.1, 0.15) is 26.2 Å². The van der Waals surface area contributed by atoms with Crippen LogP contribution in [0.4, 0.5) is 11.4 Å². The molecule has 7 heteroatoms. The third-order valence-electron chi connectivity index (χ3n) is 3.04. The van der Waals surface area contributed by atoms with Crippen molar-refractivity contribution >= 4 is 17.3 Å². The highest BCUT2D eigenvalue weighted by molar-refractivity contribution is 5.76. The van der Waals surface area contributed by atoms with Crippen molar-refractivity contribution in [3.8, 4) is 0 Å². The lowest BCUT2D eigenvalue weighted by molar-refractivity contribution is -0.384. The molecule has 0 aliphatic carbocycles. The van der Waals surface area contributed by atoms with E-state index in [1.54, 1.807) is 18.2 Å². The van der Waals surface area contributed by atoms with Crippen LogP contribution in [0.3, 0.4) is 0 Å². The van der Waals surface area contributed by atoms with Crippen LogP contribution in [0.5, 0.6) is 0 Å². The van der Waals surface area contributed by atoms with Crippen molar-refractivity contribution in [3.05, 3.63) is 34.4 Å². The topological polar surface area (TPSA) is 104 Å². The summed E-state index contributed by atoms with van der Waals surface area (Å²) in [7, 11) is 0. The number of rotatable bonds is 9. The molecule has 0 heterocycles. The van der Waals surface area contributed by atoms with Gasteiger partial charge in [0.1, 0.15) is 5.69 Å². The third kappa shape index (κ3) is 6.22. The number of amides is 1. The number of benzene rings is 1. The molecule has 0 saturated carbocycles. The molecule has 0 radical (unpaired) electrons. The number of aliphatic hydroxyl groups is 1. The van der Waals surface area contributed by atoms with E-state index in [-0.39, 0.29) is 18.0 Å². The molecule has 3 N–H and O–H groups in total. The van der Waals surface area contributed by atoms with Crippen LogP contribution >= 0.6 is 0 Å².